The molecule has 52 heavy (non-hydrogen) atoms. The van der Waals surface area contributed by atoms with E-state index in [0.29, 0.717) is 5.56 Å². The van der Waals surface area contributed by atoms with Crippen LogP contribution in [-0.2, 0) is 5.41 Å². The average Bonchev–Trinajstić information content (AvgIpc) is 3.81. The van der Waals surface area contributed by atoms with Gasteiger partial charge in [-0.2, -0.15) is 0 Å². The Bertz CT molecular complexity index is 3400. The van der Waals surface area contributed by atoms with Crippen LogP contribution in [0.4, 0.5) is 0 Å². The number of rotatable bonds is 5. The van der Waals surface area contributed by atoms with Crippen molar-refractivity contribution in [2.75, 3.05) is 0 Å². The van der Waals surface area contributed by atoms with Crippen molar-refractivity contribution in [2.24, 2.45) is 0 Å². The van der Waals surface area contributed by atoms with E-state index in [1.165, 1.54) is 22.3 Å². The highest BCUT2D eigenvalue weighted by atomic mass is 32.1. The molecule has 0 fully saturated rings. The van der Waals surface area contributed by atoms with Crippen molar-refractivity contribution >= 4 is 31.5 Å². The van der Waals surface area contributed by atoms with Gasteiger partial charge in [0.15, 0.2) is 0 Å². The third kappa shape index (κ3) is 5.04. The van der Waals surface area contributed by atoms with E-state index in [1.807, 2.05) is 30.3 Å². The Morgan fingerprint density at radius 2 is 1.06 bits per heavy atom. The molecule has 246 valence electrons. The lowest BCUT2D eigenvalue weighted by Crippen LogP contribution is -2.14. The molecule has 8 aromatic carbocycles. The predicted molar refractivity (Wildman–Crippen MR) is 224 cm³/mol. The van der Waals surface area contributed by atoms with Crippen LogP contribution in [0.15, 0.2) is 182 Å². The third-order valence-electron chi connectivity index (χ3n) is 10.3. The molecule has 10 rings (SSSR count). The average molecular weight is 692 g/mol. The van der Waals surface area contributed by atoms with Gasteiger partial charge in [0.05, 0.1) is 15.1 Å². The first-order valence-electron chi connectivity index (χ1n) is 22.7. The lowest BCUT2D eigenvalue weighted by Gasteiger charge is -2.22. The monoisotopic (exact) mass is 691 g/mol. The molecule has 0 spiro atoms. The Kier molecular flexibility index (Phi) is 4.95. The second kappa shape index (κ2) is 12.0. The third-order valence-corrected chi connectivity index (χ3v) is 11.3. The maximum Gasteiger partial charge on any atom is 0.0644 e. The Labute approximate surface area is 324 Å². The second-order valence-corrected chi connectivity index (χ2v) is 14.7. The summed E-state index contributed by atoms with van der Waals surface area (Å²) in [7, 11) is 0. The molecular formula is C51H36S. The highest BCUT2D eigenvalue weighted by Crippen LogP contribution is 2.50. The summed E-state index contributed by atoms with van der Waals surface area (Å²) in [5.41, 5.74) is 10.4. The van der Waals surface area contributed by atoms with Crippen LogP contribution < -0.4 is 0 Å². The maximum atomic E-state index is 9.77. The smallest absolute Gasteiger partial charge is 0.0644 e. The molecule has 0 saturated carbocycles. The quantitative estimate of drug-likeness (QED) is 0.169. The molecule has 0 nitrogen and oxygen atoms in total. The highest BCUT2D eigenvalue weighted by Gasteiger charge is 2.35. The minimum atomic E-state index is -0.628. The molecule has 1 heterocycles. The van der Waals surface area contributed by atoms with Crippen molar-refractivity contribution in [1.82, 2.24) is 0 Å². The summed E-state index contributed by atoms with van der Waals surface area (Å²) in [6.45, 7) is 4.45. The van der Waals surface area contributed by atoms with Gasteiger partial charge in [-0.25, -0.2) is 0 Å². The SMILES string of the molecule is [2H]c1c([2H])c([2H])c(-c2c([2H])c([2H])c([2H])c3sc4c([2H])c(-c5cc(-c6ccc(-c7ccccc7)cc6)cc(-c6ccc7c(c6)C(C)(C)c6ccccc6-7)c5)c([2H])c([2H])c4c23)c([2H])c1[2H]. The zero-order valence-corrected chi connectivity index (χ0v) is 29.2. The topological polar surface area (TPSA) is 0 Å². The molecule has 0 unspecified atom stereocenters. The fourth-order valence-electron chi connectivity index (χ4n) is 7.63. The summed E-state index contributed by atoms with van der Waals surface area (Å²) >= 11 is 0.975. The van der Waals surface area contributed by atoms with Crippen molar-refractivity contribution in [1.29, 1.82) is 0 Å². The van der Waals surface area contributed by atoms with Gasteiger partial charge >= 0.3 is 0 Å². The number of hydrogen-bond acceptors (Lipinski definition) is 1. The number of benzene rings is 8. The highest BCUT2D eigenvalue weighted by molar-refractivity contribution is 7.26. The first kappa shape index (κ1) is 21.4. The van der Waals surface area contributed by atoms with Gasteiger partial charge in [-0.1, -0.05) is 159 Å². The van der Waals surface area contributed by atoms with Crippen LogP contribution in [0.25, 0.3) is 86.9 Å². The zero-order chi connectivity index (χ0) is 44.4. The Hall–Kier alpha value is -6.02. The minimum absolute atomic E-state index is 0.0489. The Morgan fingerprint density at radius 3 is 1.85 bits per heavy atom. The van der Waals surface area contributed by atoms with E-state index in [9.17, 15) is 4.11 Å². The van der Waals surface area contributed by atoms with E-state index in [0.717, 1.165) is 44.7 Å². The van der Waals surface area contributed by atoms with E-state index < -0.39 is 42.3 Å². The van der Waals surface area contributed by atoms with Crippen molar-refractivity contribution < 1.29 is 15.1 Å². The number of fused-ring (bicyclic) bond motifs is 6. The number of thiophene rings is 1. The van der Waals surface area contributed by atoms with Gasteiger partial charge < -0.3 is 0 Å². The molecule has 0 atom stereocenters. The Morgan fingerprint density at radius 1 is 0.423 bits per heavy atom. The van der Waals surface area contributed by atoms with Crippen LogP contribution >= 0.6 is 11.3 Å². The van der Waals surface area contributed by atoms with Crippen LogP contribution in [0, 0.1) is 0 Å². The van der Waals surface area contributed by atoms with Gasteiger partial charge in [0.2, 0.25) is 0 Å². The molecule has 0 bridgehead atoms. The van der Waals surface area contributed by atoms with Crippen LogP contribution in [0.2, 0.25) is 0 Å². The summed E-state index contributed by atoms with van der Waals surface area (Å²) in [5, 5.41) is 0.110. The van der Waals surface area contributed by atoms with Crippen LogP contribution in [-0.4, -0.2) is 0 Å². The minimum Gasteiger partial charge on any atom is -0.135 e. The molecule has 1 aliphatic rings. The molecule has 0 amide bonds. The van der Waals surface area contributed by atoms with Crippen LogP contribution in [0.5, 0.6) is 0 Å². The Balaban J connectivity index is 1.23. The molecule has 1 heteroatoms. The fourth-order valence-corrected chi connectivity index (χ4v) is 8.65. The molecule has 0 radical (unpaired) electrons. The predicted octanol–water partition coefficient (Wildman–Crippen LogP) is 14.7. The zero-order valence-electron chi connectivity index (χ0n) is 39.4. The van der Waals surface area contributed by atoms with E-state index in [4.69, 9.17) is 11.0 Å². The summed E-state index contributed by atoms with van der Waals surface area (Å²) in [6, 6.07) is 34.1. The lowest BCUT2D eigenvalue weighted by atomic mass is 9.81. The summed E-state index contributed by atoms with van der Waals surface area (Å²) in [5.74, 6) is 0. The summed E-state index contributed by atoms with van der Waals surface area (Å²) in [4.78, 5) is 0. The van der Waals surface area contributed by atoms with E-state index >= 15 is 0 Å². The summed E-state index contributed by atoms with van der Waals surface area (Å²) in [6.07, 6.45) is 0. The maximum absolute atomic E-state index is 9.77. The lowest BCUT2D eigenvalue weighted by molar-refractivity contribution is 0.660. The second-order valence-electron chi connectivity index (χ2n) is 13.7. The molecule has 1 aromatic heterocycles. The molecule has 1 aliphatic carbocycles. The number of hydrogen-bond donors (Lipinski definition) is 0. The van der Waals surface area contributed by atoms with Crippen molar-refractivity contribution in [2.45, 2.75) is 19.3 Å². The molecule has 0 aliphatic heterocycles. The first-order chi connectivity index (χ1) is 30.1. The van der Waals surface area contributed by atoms with Gasteiger partial charge in [-0.15, -0.1) is 11.3 Å². The van der Waals surface area contributed by atoms with Gasteiger partial charge in [0.25, 0.3) is 0 Å². The van der Waals surface area contributed by atoms with Gasteiger partial charge in [0.1, 0.15) is 0 Å². The van der Waals surface area contributed by atoms with Gasteiger partial charge in [-0.05, 0) is 114 Å². The van der Waals surface area contributed by atoms with Gasteiger partial charge in [-0.3, -0.25) is 0 Å². The van der Waals surface area contributed by atoms with Crippen LogP contribution in [0.1, 0.15) is 40.1 Å². The van der Waals surface area contributed by atoms with Crippen molar-refractivity contribution in [3.8, 4) is 66.8 Å². The normalized spacial score (nSPS) is 15.9. The fraction of sp³-hybridized carbons (Fsp3) is 0.0588. The van der Waals surface area contributed by atoms with E-state index in [1.54, 1.807) is 0 Å². The first-order valence-corrected chi connectivity index (χ1v) is 18.0. The molecule has 0 saturated heterocycles. The van der Waals surface area contributed by atoms with Crippen molar-refractivity contribution in [3.63, 3.8) is 0 Å². The van der Waals surface area contributed by atoms with Gasteiger partial charge in [0, 0.05) is 25.6 Å². The van der Waals surface area contributed by atoms with E-state index in [2.05, 4.69) is 98.8 Å². The molecule has 9 aromatic rings. The standard InChI is InChI=1S/C51H36S/c1-51(2)46-18-10-9-16-43(46)44-26-24-37(31-47(44)51)40-28-39(35-22-20-34(21-23-35)33-12-5-3-6-13-33)29-41(30-40)38-25-27-45-49(32-38)52-48-19-11-17-42(50(45)48)36-14-7-4-8-15-36/h3-32H,1-2H3/i4D,7D,8D,11D,14D,15D,17D,19D,25D,27D,32D. The summed E-state index contributed by atoms with van der Waals surface area (Å²) < 4.78 is 98.4. The van der Waals surface area contributed by atoms with Crippen molar-refractivity contribution in [3.05, 3.63) is 193 Å². The molecular weight excluding hydrogens is 645 g/mol. The molecule has 0 N–H and O–H groups in total. The largest absolute Gasteiger partial charge is 0.135 e. The van der Waals surface area contributed by atoms with Crippen LogP contribution in [0.3, 0.4) is 0 Å². The van der Waals surface area contributed by atoms with E-state index in [-0.39, 0.29) is 66.4 Å².